The monoisotopic (exact) mass is 535 g/mol. The lowest BCUT2D eigenvalue weighted by atomic mass is 10.1. The summed E-state index contributed by atoms with van der Waals surface area (Å²) in [5.41, 5.74) is 2.92. The van der Waals surface area contributed by atoms with Crippen molar-refractivity contribution >= 4 is 46.9 Å². The van der Waals surface area contributed by atoms with Crippen LogP contribution < -0.4 is 16.0 Å². The van der Waals surface area contributed by atoms with E-state index in [1.165, 1.54) is 23.3 Å². The van der Waals surface area contributed by atoms with E-state index in [9.17, 15) is 9.59 Å². The van der Waals surface area contributed by atoms with Gasteiger partial charge in [-0.15, -0.1) is 5.10 Å². The Bertz CT molecular complexity index is 1510. The molecule has 11 nitrogen and oxygen atoms in total. The van der Waals surface area contributed by atoms with Crippen molar-refractivity contribution in [3.05, 3.63) is 88.7 Å². The maximum Gasteiger partial charge on any atom is 0.323 e. The number of anilines is 1. The average Bonchev–Trinajstić information content (AvgIpc) is 3.55. The number of carbonyl (C=O) groups is 2. The summed E-state index contributed by atoms with van der Waals surface area (Å²) in [6.45, 7) is 0. The molecule has 0 unspecified atom stereocenters. The number of rotatable bonds is 4. The van der Waals surface area contributed by atoms with Crippen LogP contribution in [-0.2, 0) is 4.79 Å². The number of urea groups is 1. The Morgan fingerprint density at radius 1 is 1.19 bits per heavy atom. The number of imidazole rings is 1. The van der Waals surface area contributed by atoms with Crippen LogP contribution in [0.4, 0.5) is 10.5 Å². The standard InChI is InChI=1S/C24H19Cl2N9O2/c25-15-8-9-19(35-13-28-33-34-35)14(12-15)7-10-20(36)29-18-6-3-11-27-24(37)30-17-5-2-1-4-16(17)21-22(26)32-23(18)31-21/h1-5,7-13,18H,6H2,(H,29,36)(H,31,32)(H2,27,30,37)/b10-7+,11-3+/t18-/m0/s1. The van der Waals surface area contributed by atoms with Crippen LogP contribution in [0.5, 0.6) is 0 Å². The summed E-state index contributed by atoms with van der Waals surface area (Å²) < 4.78 is 1.47. The van der Waals surface area contributed by atoms with Gasteiger partial charge in [-0.05, 0) is 47.2 Å². The molecule has 3 heterocycles. The minimum atomic E-state index is -0.561. The molecule has 3 amide bonds. The number of fused-ring (bicyclic) bond motifs is 4. The van der Waals surface area contributed by atoms with Gasteiger partial charge in [0, 0.05) is 28.4 Å². The third kappa shape index (κ3) is 5.52. The molecule has 186 valence electrons. The predicted octanol–water partition coefficient (Wildman–Crippen LogP) is 4.27. The highest BCUT2D eigenvalue weighted by Crippen LogP contribution is 2.33. The van der Waals surface area contributed by atoms with Crippen molar-refractivity contribution < 1.29 is 9.59 Å². The molecule has 0 aliphatic carbocycles. The van der Waals surface area contributed by atoms with E-state index in [1.54, 1.807) is 48.6 Å². The molecule has 37 heavy (non-hydrogen) atoms. The van der Waals surface area contributed by atoms with Gasteiger partial charge in [0.1, 0.15) is 23.0 Å². The first-order valence-corrected chi connectivity index (χ1v) is 11.8. The van der Waals surface area contributed by atoms with Gasteiger partial charge in [-0.3, -0.25) is 4.79 Å². The lowest BCUT2D eigenvalue weighted by Gasteiger charge is -2.15. The number of aromatic nitrogens is 6. The molecule has 0 saturated heterocycles. The fraction of sp³-hybridized carbons (Fsp3) is 0.0833. The Balaban J connectivity index is 1.43. The molecule has 2 aromatic carbocycles. The molecule has 0 radical (unpaired) electrons. The molecule has 0 spiro atoms. The smallest absolute Gasteiger partial charge is 0.323 e. The van der Waals surface area contributed by atoms with E-state index in [2.05, 4.69) is 41.4 Å². The summed E-state index contributed by atoms with van der Waals surface area (Å²) in [5.74, 6) is 0.0820. The first-order valence-electron chi connectivity index (χ1n) is 11.1. The van der Waals surface area contributed by atoms with Gasteiger partial charge >= 0.3 is 6.03 Å². The predicted molar refractivity (Wildman–Crippen MR) is 139 cm³/mol. The van der Waals surface area contributed by atoms with E-state index in [-0.39, 0.29) is 11.1 Å². The van der Waals surface area contributed by atoms with Crippen molar-refractivity contribution in [1.82, 2.24) is 40.8 Å². The van der Waals surface area contributed by atoms with E-state index >= 15 is 0 Å². The SMILES string of the molecule is O=C(/C=C/c1cc(Cl)ccc1-n1cnnn1)N[C@H]1C/C=C/NC(=O)Nc2ccccc2-c2nc1[nH]c2Cl. The van der Waals surface area contributed by atoms with E-state index in [0.717, 1.165) is 0 Å². The van der Waals surface area contributed by atoms with Crippen LogP contribution in [0.3, 0.4) is 0 Å². The van der Waals surface area contributed by atoms with Gasteiger partial charge in [-0.25, -0.2) is 9.78 Å². The van der Waals surface area contributed by atoms with Crippen LogP contribution >= 0.6 is 23.2 Å². The van der Waals surface area contributed by atoms with Crippen LogP contribution in [0.2, 0.25) is 10.2 Å². The Labute approximate surface area is 220 Å². The minimum absolute atomic E-state index is 0.285. The Hall–Kier alpha value is -4.48. The van der Waals surface area contributed by atoms with E-state index in [1.807, 2.05) is 6.07 Å². The number of hydrogen-bond donors (Lipinski definition) is 4. The molecule has 13 heteroatoms. The molecular weight excluding hydrogens is 517 g/mol. The number of para-hydroxylation sites is 1. The summed E-state index contributed by atoms with van der Waals surface area (Å²) in [6.07, 6.45) is 7.99. The highest BCUT2D eigenvalue weighted by Gasteiger charge is 2.21. The minimum Gasteiger partial charge on any atom is -0.342 e. The Morgan fingerprint density at radius 2 is 2.05 bits per heavy atom. The highest BCUT2D eigenvalue weighted by atomic mass is 35.5. The molecule has 0 fully saturated rings. The molecule has 1 atom stereocenters. The maximum atomic E-state index is 12.9. The number of benzene rings is 2. The maximum absolute atomic E-state index is 12.9. The third-order valence-electron chi connectivity index (χ3n) is 5.46. The van der Waals surface area contributed by atoms with Crippen molar-refractivity contribution in [1.29, 1.82) is 0 Å². The molecule has 1 aliphatic heterocycles. The molecule has 0 saturated carbocycles. The number of hydrogen-bond acceptors (Lipinski definition) is 6. The molecule has 4 N–H and O–H groups in total. The van der Waals surface area contributed by atoms with Gasteiger partial charge in [0.25, 0.3) is 0 Å². The van der Waals surface area contributed by atoms with Crippen molar-refractivity contribution in [3.63, 3.8) is 0 Å². The Kier molecular flexibility index (Phi) is 6.97. The quantitative estimate of drug-likeness (QED) is 0.287. The van der Waals surface area contributed by atoms with Crippen LogP contribution in [0.25, 0.3) is 23.0 Å². The summed E-state index contributed by atoms with van der Waals surface area (Å²) in [6, 6.07) is 11.3. The van der Waals surface area contributed by atoms with Crippen LogP contribution in [0, 0.1) is 0 Å². The number of carbonyl (C=O) groups excluding carboxylic acids is 2. The van der Waals surface area contributed by atoms with Gasteiger partial charge in [0.2, 0.25) is 5.91 Å². The van der Waals surface area contributed by atoms with Gasteiger partial charge in [0.05, 0.1) is 17.4 Å². The zero-order valence-electron chi connectivity index (χ0n) is 19.0. The zero-order chi connectivity index (χ0) is 25.8. The van der Waals surface area contributed by atoms with Crippen LogP contribution in [-0.4, -0.2) is 42.1 Å². The summed E-state index contributed by atoms with van der Waals surface area (Å²) in [4.78, 5) is 32.9. The zero-order valence-corrected chi connectivity index (χ0v) is 20.5. The number of halogens is 2. The number of aromatic amines is 1. The van der Waals surface area contributed by atoms with Crippen LogP contribution in [0.1, 0.15) is 23.9 Å². The van der Waals surface area contributed by atoms with Crippen molar-refractivity contribution in [2.45, 2.75) is 12.5 Å². The normalized spacial score (nSPS) is 16.2. The Morgan fingerprint density at radius 3 is 2.89 bits per heavy atom. The molecule has 1 aliphatic rings. The third-order valence-corrected chi connectivity index (χ3v) is 5.97. The van der Waals surface area contributed by atoms with Crippen molar-refractivity contribution in [2.75, 3.05) is 5.32 Å². The number of H-pyrrole nitrogens is 1. The number of amides is 3. The second-order valence-corrected chi connectivity index (χ2v) is 8.73. The molecule has 2 bridgehead atoms. The van der Waals surface area contributed by atoms with Gasteiger partial charge in [0.15, 0.2) is 0 Å². The molecular formula is C24H19Cl2N9O2. The second kappa shape index (κ2) is 10.6. The summed E-state index contributed by atoms with van der Waals surface area (Å²) in [5, 5.41) is 20.3. The second-order valence-electron chi connectivity index (χ2n) is 7.92. The van der Waals surface area contributed by atoms with E-state index in [4.69, 9.17) is 23.2 Å². The van der Waals surface area contributed by atoms with Crippen molar-refractivity contribution in [2.24, 2.45) is 0 Å². The topological polar surface area (TPSA) is 143 Å². The molecule has 5 rings (SSSR count). The fourth-order valence-corrected chi connectivity index (χ4v) is 4.19. The van der Waals surface area contributed by atoms with E-state index < -0.39 is 12.1 Å². The van der Waals surface area contributed by atoms with E-state index in [0.29, 0.717) is 45.5 Å². The number of nitrogens with one attached hydrogen (secondary N) is 4. The first-order chi connectivity index (χ1) is 18.0. The highest BCUT2D eigenvalue weighted by molar-refractivity contribution is 6.32. The largest absolute Gasteiger partial charge is 0.342 e. The number of nitrogens with zero attached hydrogens (tertiary/aromatic N) is 5. The molecule has 4 aromatic rings. The van der Waals surface area contributed by atoms with Gasteiger partial charge in [-0.1, -0.05) is 47.5 Å². The lowest BCUT2D eigenvalue weighted by Crippen LogP contribution is -2.28. The van der Waals surface area contributed by atoms with Gasteiger partial charge in [-0.2, -0.15) is 4.68 Å². The van der Waals surface area contributed by atoms with Crippen molar-refractivity contribution in [3.8, 4) is 16.9 Å². The first kappa shape index (κ1) is 24.2. The number of tetrazole rings is 1. The summed E-state index contributed by atoms with van der Waals surface area (Å²) >= 11 is 12.6. The molecule has 2 aromatic heterocycles. The fourth-order valence-electron chi connectivity index (χ4n) is 3.77. The summed E-state index contributed by atoms with van der Waals surface area (Å²) in [7, 11) is 0. The van der Waals surface area contributed by atoms with Crippen LogP contribution in [0.15, 0.2) is 67.1 Å². The average molecular weight is 536 g/mol. The van der Waals surface area contributed by atoms with Gasteiger partial charge < -0.3 is 20.9 Å². The lowest BCUT2D eigenvalue weighted by molar-refractivity contribution is -0.117.